The molecule has 2 rings (SSSR count). The first-order valence-electron chi connectivity index (χ1n) is 7.20. The molecule has 1 aliphatic rings. The van der Waals surface area contributed by atoms with Crippen LogP contribution >= 0.6 is 11.5 Å². The summed E-state index contributed by atoms with van der Waals surface area (Å²) in [6, 6.07) is 0. The fraction of sp³-hybridized carbons (Fsp3) is 0.769. The number of hydrogen-bond donors (Lipinski definition) is 1. The normalized spacial score (nSPS) is 16.6. The van der Waals surface area contributed by atoms with Crippen LogP contribution in [0.25, 0.3) is 0 Å². The average Bonchev–Trinajstić information content (AvgIpc) is 2.93. The van der Waals surface area contributed by atoms with Crippen molar-refractivity contribution in [2.45, 2.75) is 32.6 Å². The largest absolute Gasteiger partial charge is 0.481 e. The Balaban J connectivity index is 1.68. The van der Waals surface area contributed by atoms with Crippen LogP contribution in [0.5, 0.6) is 0 Å². The van der Waals surface area contributed by atoms with Crippen molar-refractivity contribution in [2.24, 2.45) is 0 Å². The summed E-state index contributed by atoms with van der Waals surface area (Å²) in [7, 11) is 0. The van der Waals surface area contributed by atoms with Gasteiger partial charge in [0.15, 0.2) is 0 Å². The molecule has 0 aliphatic carbocycles. The number of aromatic nitrogens is 2. The van der Waals surface area contributed by atoms with Crippen molar-refractivity contribution in [1.29, 1.82) is 0 Å². The van der Waals surface area contributed by atoms with Crippen LogP contribution in [-0.4, -0.2) is 58.1 Å². The maximum atomic E-state index is 10.4. The summed E-state index contributed by atoms with van der Waals surface area (Å²) in [6.45, 7) is 7.08. The van der Waals surface area contributed by atoms with Gasteiger partial charge in [-0.05, 0) is 19.4 Å². The molecule has 2 heterocycles. The molecule has 1 N–H and O–H groups in total. The van der Waals surface area contributed by atoms with Crippen molar-refractivity contribution in [3.8, 4) is 0 Å². The zero-order valence-corrected chi connectivity index (χ0v) is 12.7. The molecule has 7 heteroatoms. The fourth-order valence-electron chi connectivity index (χ4n) is 2.29. The minimum atomic E-state index is -0.696. The van der Waals surface area contributed by atoms with Crippen LogP contribution in [0.1, 0.15) is 32.0 Å². The number of carbonyl (C=O) groups is 1. The molecule has 1 aromatic heterocycles. The first kappa shape index (κ1) is 15.2. The molecule has 0 atom stereocenters. The first-order valence-corrected chi connectivity index (χ1v) is 7.98. The number of anilines is 1. The Morgan fingerprint density at radius 1 is 1.30 bits per heavy atom. The number of carboxylic acids is 1. The van der Waals surface area contributed by atoms with Crippen molar-refractivity contribution in [1.82, 2.24) is 14.3 Å². The van der Waals surface area contributed by atoms with Crippen LogP contribution in [-0.2, 0) is 11.2 Å². The second kappa shape index (κ2) is 7.54. The molecular weight excluding hydrogens is 276 g/mol. The second-order valence-electron chi connectivity index (χ2n) is 5.03. The number of aliphatic carboxylic acids is 1. The van der Waals surface area contributed by atoms with Gasteiger partial charge in [-0.3, -0.25) is 9.69 Å². The number of unbranched alkanes of at least 4 members (excludes halogenated alkanes) is 1. The van der Waals surface area contributed by atoms with Gasteiger partial charge in [0.25, 0.3) is 0 Å². The molecule has 0 bridgehead atoms. The highest BCUT2D eigenvalue weighted by Crippen LogP contribution is 2.19. The number of piperazine rings is 1. The van der Waals surface area contributed by atoms with Gasteiger partial charge < -0.3 is 10.0 Å². The lowest BCUT2D eigenvalue weighted by Crippen LogP contribution is -2.46. The molecule has 0 spiro atoms. The van der Waals surface area contributed by atoms with Gasteiger partial charge in [0, 0.05) is 50.6 Å². The van der Waals surface area contributed by atoms with Crippen LogP contribution in [0.15, 0.2) is 0 Å². The van der Waals surface area contributed by atoms with E-state index in [-0.39, 0.29) is 6.42 Å². The third kappa shape index (κ3) is 4.42. The summed E-state index contributed by atoms with van der Waals surface area (Å²) < 4.78 is 4.33. The van der Waals surface area contributed by atoms with E-state index in [0.717, 1.165) is 62.9 Å². The van der Waals surface area contributed by atoms with Crippen molar-refractivity contribution < 1.29 is 9.90 Å². The Morgan fingerprint density at radius 3 is 2.65 bits per heavy atom. The first-order chi connectivity index (χ1) is 9.69. The van der Waals surface area contributed by atoms with Crippen molar-refractivity contribution >= 4 is 22.6 Å². The lowest BCUT2D eigenvalue weighted by atomic mass is 10.2. The van der Waals surface area contributed by atoms with Gasteiger partial charge in [-0.2, -0.15) is 4.37 Å². The van der Waals surface area contributed by atoms with E-state index < -0.39 is 5.97 Å². The van der Waals surface area contributed by atoms with Gasteiger partial charge in [0.1, 0.15) is 5.82 Å². The zero-order valence-electron chi connectivity index (χ0n) is 11.9. The molecule has 1 fully saturated rings. The Bertz CT molecular complexity index is 430. The smallest absolute Gasteiger partial charge is 0.303 e. The molecule has 1 aliphatic heterocycles. The van der Waals surface area contributed by atoms with Gasteiger partial charge in [0.05, 0.1) is 0 Å². The molecule has 1 aromatic rings. The molecule has 20 heavy (non-hydrogen) atoms. The minimum Gasteiger partial charge on any atom is -0.481 e. The SMILES string of the molecule is CCc1nsc(N2CCN(CCCCC(=O)O)CC2)n1. The van der Waals surface area contributed by atoms with E-state index >= 15 is 0 Å². The highest BCUT2D eigenvalue weighted by atomic mass is 32.1. The Morgan fingerprint density at radius 2 is 2.05 bits per heavy atom. The lowest BCUT2D eigenvalue weighted by molar-refractivity contribution is -0.137. The summed E-state index contributed by atoms with van der Waals surface area (Å²) in [6.07, 6.45) is 2.90. The van der Waals surface area contributed by atoms with Crippen LogP contribution in [0.3, 0.4) is 0 Å². The van der Waals surface area contributed by atoms with E-state index in [9.17, 15) is 4.79 Å². The molecule has 112 valence electrons. The van der Waals surface area contributed by atoms with Gasteiger partial charge in [-0.1, -0.05) is 6.92 Å². The van der Waals surface area contributed by atoms with Gasteiger partial charge in [0.2, 0.25) is 5.13 Å². The molecule has 0 radical (unpaired) electrons. The van der Waals surface area contributed by atoms with Crippen LogP contribution < -0.4 is 4.90 Å². The third-order valence-corrected chi connectivity index (χ3v) is 4.35. The summed E-state index contributed by atoms with van der Waals surface area (Å²) in [4.78, 5) is 19.7. The van der Waals surface area contributed by atoms with Gasteiger partial charge in [-0.15, -0.1) is 0 Å². The third-order valence-electron chi connectivity index (χ3n) is 3.53. The predicted octanol–water partition coefficient (Wildman–Crippen LogP) is 1.48. The lowest BCUT2D eigenvalue weighted by Gasteiger charge is -2.34. The van der Waals surface area contributed by atoms with Crippen molar-refractivity contribution in [3.05, 3.63) is 5.82 Å². The number of nitrogens with zero attached hydrogens (tertiary/aromatic N) is 4. The summed E-state index contributed by atoms with van der Waals surface area (Å²) >= 11 is 1.49. The quantitative estimate of drug-likeness (QED) is 0.769. The molecule has 6 nitrogen and oxygen atoms in total. The minimum absolute atomic E-state index is 0.282. The predicted molar refractivity (Wildman–Crippen MR) is 79.4 cm³/mol. The molecule has 0 amide bonds. The monoisotopic (exact) mass is 298 g/mol. The van der Waals surface area contributed by atoms with Crippen molar-refractivity contribution in [2.75, 3.05) is 37.6 Å². The summed E-state index contributed by atoms with van der Waals surface area (Å²) in [5, 5.41) is 9.64. The molecular formula is C13H22N4O2S. The number of rotatable bonds is 7. The molecule has 1 saturated heterocycles. The second-order valence-corrected chi connectivity index (χ2v) is 5.76. The standard InChI is InChI=1S/C13H22N4O2S/c1-2-11-14-13(20-15-11)17-9-7-16(8-10-17)6-4-3-5-12(18)19/h2-10H2,1H3,(H,18,19). The maximum Gasteiger partial charge on any atom is 0.303 e. The van der Waals surface area contributed by atoms with E-state index in [1.54, 1.807) is 0 Å². The summed E-state index contributed by atoms with van der Waals surface area (Å²) in [5.41, 5.74) is 0. The highest BCUT2D eigenvalue weighted by Gasteiger charge is 2.19. The van der Waals surface area contributed by atoms with Gasteiger partial charge >= 0.3 is 5.97 Å². The van der Waals surface area contributed by atoms with E-state index in [1.165, 1.54) is 11.5 Å². The fourth-order valence-corrected chi connectivity index (χ4v) is 3.09. The van der Waals surface area contributed by atoms with E-state index in [0.29, 0.717) is 0 Å². The highest BCUT2D eigenvalue weighted by molar-refractivity contribution is 7.09. The number of aryl methyl sites for hydroxylation is 1. The van der Waals surface area contributed by atoms with Crippen LogP contribution in [0, 0.1) is 0 Å². The van der Waals surface area contributed by atoms with E-state index in [1.807, 2.05) is 0 Å². The van der Waals surface area contributed by atoms with E-state index in [4.69, 9.17) is 5.11 Å². The Kier molecular flexibility index (Phi) is 5.72. The van der Waals surface area contributed by atoms with Gasteiger partial charge in [-0.25, -0.2) is 4.98 Å². The zero-order chi connectivity index (χ0) is 14.4. The van der Waals surface area contributed by atoms with Crippen LogP contribution in [0.4, 0.5) is 5.13 Å². The molecule has 0 aromatic carbocycles. The molecule has 0 unspecified atom stereocenters. The Labute approximate surface area is 123 Å². The maximum absolute atomic E-state index is 10.4. The average molecular weight is 298 g/mol. The van der Waals surface area contributed by atoms with E-state index in [2.05, 4.69) is 26.1 Å². The van der Waals surface area contributed by atoms with Crippen LogP contribution in [0.2, 0.25) is 0 Å². The summed E-state index contributed by atoms with van der Waals surface area (Å²) in [5.74, 6) is 0.235. The molecule has 0 saturated carbocycles. The number of carboxylic acid groups (broad SMARTS) is 1. The van der Waals surface area contributed by atoms with Crippen molar-refractivity contribution in [3.63, 3.8) is 0 Å². The number of hydrogen-bond acceptors (Lipinski definition) is 6. The Hall–Kier alpha value is -1.21. The topological polar surface area (TPSA) is 69.6 Å².